The Hall–Kier alpha value is -2.03. The minimum Gasteiger partial charge on any atom is -0.372 e. The number of fused-ring (bicyclic) bond motifs is 1. The third kappa shape index (κ3) is 4.03. The van der Waals surface area contributed by atoms with Gasteiger partial charge in [0.2, 0.25) is 17.7 Å². The second kappa shape index (κ2) is 7.30. The van der Waals surface area contributed by atoms with E-state index in [1.54, 1.807) is 25.2 Å². The van der Waals surface area contributed by atoms with Crippen LogP contribution in [-0.2, 0) is 20.9 Å². The molecule has 3 rings (SSSR count). The fourth-order valence-electron chi connectivity index (χ4n) is 3.37. The lowest BCUT2D eigenvalue weighted by Gasteiger charge is -2.40. The normalized spacial score (nSPS) is 21.8. The molecule has 0 aromatic carbocycles. The quantitative estimate of drug-likeness (QED) is 0.708. The Balaban J connectivity index is 1.56. The molecule has 2 aliphatic rings. The lowest BCUT2D eigenvalue weighted by atomic mass is 9.80. The summed E-state index contributed by atoms with van der Waals surface area (Å²) in [6.07, 6.45) is 1.54. The molecule has 1 aromatic heterocycles. The highest BCUT2D eigenvalue weighted by molar-refractivity contribution is 5.80. The summed E-state index contributed by atoms with van der Waals surface area (Å²) in [5.74, 6) is -3.62. The van der Waals surface area contributed by atoms with Crippen molar-refractivity contribution < 1.29 is 23.1 Å². The van der Waals surface area contributed by atoms with Crippen LogP contribution in [0.15, 0.2) is 12.3 Å². The fraction of sp³-hybridized carbons (Fsp3) is 0.706. The Labute approximate surface area is 150 Å². The topological polar surface area (TPSA) is 67.7 Å². The number of aromatic nitrogens is 2. The number of alkyl halides is 2. The third-order valence-corrected chi connectivity index (χ3v) is 4.95. The van der Waals surface area contributed by atoms with Crippen LogP contribution in [0.3, 0.4) is 0 Å². The summed E-state index contributed by atoms with van der Waals surface area (Å²) >= 11 is 0. The van der Waals surface area contributed by atoms with Crippen LogP contribution in [0.5, 0.6) is 0 Å². The predicted molar refractivity (Wildman–Crippen MR) is 88.5 cm³/mol. The largest absolute Gasteiger partial charge is 0.372 e. The van der Waals surface area contributed by atoms with Gasteiger partial charge < -0.3 is 14.5 Å². The molecule has 2 heterocycles. The molecule has 2 amide bonds. The molecule has 1 aromatic rings. The number of rotatable bonds is 6. The number of amides is 2. The zero-order valence-electron chi connectivity index (χ0n) is 15.0. The highest BCUT2D eigenvalue weighted by Gasteiger charge is 2.50. The summed E-state index contributed by atoms with van der Waals surface area (Å²) in [6.45, 7) is 1.16. The first kappa shape index (κ1) is 18.8. The molecule has 1 unspecified atom stereocenters. The highest BCUT2D eigenvalue weighted by Crippen LogP contribution is 2.43. The van der Waals surface area contributed by atoms with E-state index >= 15 is 0 Å². The molecule has 1 saturated carbocycles. The van der Waals surface area contributed by atoms with E-state index < -0.39 is 11.8 Å². The van der Waals surface area contributed by atoms with E-state index in [1.807, 2.05) is 10.7 Å². The van der Waals surface area contributed by atoms with Gasteiger partial charge in [0.1, 0.15) is 6.61 Å². The molecular weight excluding hydrogens is 346 g/mol. The summed E-state index contributed by atoms with van der Waals surface area (Å²) in [5.41, 5.74) is 0.880. The maximum absolute atomic E-state index is 13.1. The molecule has 0 N–H and O–H groups in total. The summed E-state index contributed by atoms with van der Waals surface area (Å²) in [5, 5.41) is 4.30. The van der Waals surface area contributed by atoms with Gasteiger partial charge in [0, 0.05) is 52.2 Å². The van der Waals surface area contributed by atoms with Gasteiger partial charge in [-0.2, -0.15) is 5.10 Å². The van der Waals surface area contributed by atoms with Crippen LogP contribution in [0.2, 0.25) is 0 Å². The van der Waals surface area contributed by atoms with Crippen molar-refractivity contribution in [2.24, 2.45) is 5.92 Å². The van der Waals surface area contributed by atoms with Gasteiger partial charge in [0.25, 0.3) is 0 Å². The predicted octanol–water partition coefficient (Wildman–Crippen LogP) is 1.31. The highest BCUT2D eigenvalue weighted by atomic mass is 19.3. The van der Waals surface area contributed by atoms with E-state index in [0.29, 0.717) is 26.1 Å². The van der Waals surface area contributed by atoms with Crippen molar-refractivity contribution in [2.45, 2.75) is 37.8 Å². The average Bonchev–Trinajstić information content (AvgIpc) is 3.03. The van der Waals surface area contributed by atoms with Crippen molar-refractivity contribution in [1.29, 1.82) is 0 Å². The molecule has 9 heteroatoms. The van der Waals surface area contributed by atoms with Gasteiger partial charge in [-0.25, -0.2) is 8.78 Å². The molecule has 26 heavy (non-hydrogen) atoms. The maximum Gasteiger partial charge on any atom is 0.249 e. The molecular formula is C17H24F2N4O3. The summed E-state index contributed by atoms with van der Waals surface area (Å²) < 4.78 is 33.4. The standard InChI is InChI=1S/C17H24F2N4O3/c1-21(2)15(24)11-26-6-4-14-10-22(9-13-3-5-20-23(13)14)16(25)12-7-17(18,19)8-12/h3,5,12,14H,4,6-11H2,1-2H3. The Morgan fingerprint density at radius 3 is 2.77 bits per heavy atom. The van der Waals surface area contributed by atoms with Gasteiger partial charge in [-0.1, -0.05) is 0 Å². The van der Waals surface area contributed by atoms with Crippen LogP contribution in [0.1, 0.15) is 31.0 Å². The maximum atomic E-state index is 13.1. The molecule has 0 spiro atoms. The van der Waals surface area contributed by atoms with Crippen molar-refractivity contribution in [3.05, 3.63) is 18.0 Å². The van der Waals surface area contributed by atoms with Crippen molar-refractivity contribution in [1.82, 2.24) is 19.6 Å². The van der Waals surface area contributed by atoms with Crippen LogP contribution < -0.4 is 0 Å². The molecule has 0 radical (unpaired) electrons. The van der Waals surface area contributed by atoms with E-state index in [0.717, 1.165) is 5.69 Å². The second-order valence-electron chi connectivity index (χ2n) is 7.23. The fourth-order valence-corrected chi connectivity index (χ4v) is 3.37. The van der Waals surface area contributed by atoms with Gasteiger partial charge in [-0.3, -0.25) is 14.3 Å². The number of hydrogen-bond acceptors (Lipinski definition) is 4. The molecule has 1 aliphatic heterocycles. The Kier molecular flexibility index (Phi) is 5.27. The lowest BCUT2D eigenvalue weighted by Crippen LogP contribution is -2.49. The van der Waals surface area contributed by atoms with E-state index in [4.69, 9.17) is 4.74 Å². The molecule has 1 atom stereocenters. The Morgan fingerprint density at radius 1 is 1.38 bits per heavy atom. The van der Waals surface area contributed by atoms with Crippen LogP contribution in [-0.4, -0.2) is 71.2 Å². The van der Waals surface area contributed by atoms with Crippen LogP contribution in [0, 0.1) is 5.92 Å². The van der Waals surface area contributed by atoms with Gasteiger partial charge in [0.05, 0.1) is 18.3 Å². The van der Waals surface area contributed by atoms with Gasteiger partial charge >= 0.3 is 0 Å². The first-order valence-electron chi connectivity index (χ1n) is 8.74. The van der Waals surface area contributed by atoms with Crippen molar-refractivity contribution >= 4 is 11.8 Å². The monoisotopic (exact) mass is 370 g/mol. The van der Waals surface area contributed by atoms with E-state index in [2.05, 4.69) is 5.10 Å². The minimum absolute atomic E-state index is 0.00544. The first-order chi connectivity index (χ1) is 12.3. The molecule has 1 fully saturated rings. The smallest absolute Gasteiger partial charge is 0.249 e. The summed E-state index contributed by atoms with van der Waals surface area (Å²) in [4.78, 5) is 27.2. The first-order valence-corrected chi connectivity index (χ1v) is 8.74. The van der Waals surface area contributed by atoms with Crippen LogP contribution in [0.25, 0.3) is 0 Å². The zero-order chi connectivity index (χ0) is 18.9. The zero-order valence-corrected chi connectivity index (χ0v) is 15.0. The minimum atomic E-state index is -2.70. The van der Waals surface area contributed by atoms with Gasteiger partial charge in [0.15, 0.2) is 0 Å². The number of ether oxygens (including phenoxy) is 1. The Bertz CT molecular complexity index is 669. The number of hydrogen-bond donors (Lipinski definition) is 0. The third-order valence-electron chi connectivity index (χ3n) is 4.95. The summed E-state index contributed by atoms with van der Waals surface area (Å²) in [6, 6.07) is 1.74. The molecule has 7 nitrogen and oxygen atoms in total. The lowest BCUT2D eigenvalue weighted by molar-refractivity contribution is -0.161. The molecule has 1 aliphatic carbocycles. The number of halogens is 2. The number of carbonyl (C=O) groups excluding carboxylic acids is 2. The van der Waals surface area contributed by atoms with E-state index in [-0.39, 0.29) is 37.3 Å². The van der Waals surface area contributed by atoms with Gasteiger partial charge in [-0.05, 0) is 12.5 Å². The van der Waals surface area contributed by atoms with Crippen molar-refractivity contribution in [3.8, 4) is 0 Å². The van der Waals surface area contributed by atoms with E-state index in [9.17, 15) is 18.4 Å². The summed E-state index contributed by atoms with van der Waals surface area (Å²) in [7, 11) is 3.33. The molecule has 144 valence electrons. The number of nitrogens with zero attached hydrogens (tertiary/aromatic N) is 4. The van der Waals surface area contributed by atoms with Crippen molar-refractivity contribution in [3.63, 3.8) is 0 Å². The molecule has 0 saturated heterocycles. The van der Waals surface area contributed by atoms with Crippen molar-refractivity contribution in [2.75, 3.05) is 33.9 Å². The average molecular weight is 370 g/mol. The van der Waals surface area contributed by atoms with Gasteiger partial charge in [-0.15, -0.1) is 0 Å². The number of likely N-dealkylation sites (N-methyl/N-ethyl adjacent to an activating group) is 1. The van der Waals surface area contributed by atoms with E-state index in [1.165, 1.54) is 4.90 Å². The number of carbonyl (C=O) groups is 2. The van der Waals surface area contributed by atoms with Crippen LogP contribution >= 0.6 is 0 Å². The SMILES string of the molecule is CN(C)C(=O)COCCC1CN(C(=O)C2CC(F)(F)C2)Cc2ccnn21. The second-order valence-corrected chi connectivity index (χ2v) is 7.23. The molecule has 0 bridgehead atoms. The Morgan fingerprint density at radius 2 is 2.12 bits per heavy atom. The van der Waals surface area contributed by atoms with Crippen LogP contribution in [0.4, 0.5) is 8.78 Å².